The van der Waals surface area contributed by atoms with Crippen molar-refractivity contribution in [1.29, 1.82) is 0 Å². The van der Waals surface area contributed by atoms with Crippen LogP contribution in [0.4, 0.5) is 11.6 Å². The van der Waals surface area contributed by atoms with E-state index in [1.165, 1.54) is 6.07 Å². The normalized spacial score (nSPS) is 15.6. The molecule has 10 heteroatoms. The zero-order valence-corrected chi connectivity index (χ0v) is 20.3. The SMILES string of the molecule is Cc1ccc2nc1-c1ccccc1COCCCN(CCCC(=O)O)c1cccc(n1)S(=O)(=O)N2. The van der Waals surface area contributed by atoms with E-state index in [4.69, 9.17) is 9.84 Å². The van der Waals surface area contributed by atoms with Gasteiger partial charge in [0.15, 0.2) is 5.03 Å². The fraction of sp³-hybridized carbons (Fsp3) is 0.320. The van der Waals surface area contributed by atoms with Crippen LogP contribution in [0.3, 0.4) is 0 Å². The number of aliphatic carboxylic acids is 1. The Morgan fingerprint density at radius 3 is 2.77 bits per heavy atom. The van der Waals surface area contributed by atoms with Crippen LogP contribution in [0.1, 0.15) is 30.4 Å². The molecule has 0 aliphatic carbocycles. The molecule has 0 amide bonds. The molecule has 0 spiro atoms. The number of carbonyl (C=O) groups is 1. The molecular weight excluding hydrogens is 468 g/mol. The Hall–Kier alpha value is -3.50. The Morgan fingerprint density at radius 1 is 1.11 bits per heavy atom. The van der Waals surface area contributed by atoms with E-state index >= 15 is 0 Å². The molecule has 9 nitrogen and oxygen atoms in total. The Bertz CT molecular complexity index is 1310. The summed E-state index contributed by atoms with van der Waals surface area (Å²) in [5.74, 6) is -0.216. The maximum Gasteiger partial charge on any atom is 0.303 e. The Morgan fingerprint density at radius 2 is 1.94 bits per heavy atom. The molecule has 4 rings (SSSR count). The molecule has 3 aromatic rings. The molecule has 2 aromatic heterocycles. The minimum atomic E-state index is -4.00. The maximum atomic E-state index is 13.2. The van der Waals surface area contributed by atoms with Gasteiger partial charge in [-0.3, -0.25) is 9.52 Å². The van der Waals surface area contributed by atoms with Crippen LogP contribution in [-0.2, 0) is 26.2 Å². The van der Waals surface area contributed by atoms with E-state index in [0.29, 0.717) is 50.7 Å². The molecule has 184 valence electrons. The second-order valence-corrected chi connectivity index (χ2v) is 9.98. The average Bonchev–Trinajstić information content (AvgIpc) is 2.83. The van der Waals surface area contributed by atoms with Gasteiger partial charge in [0.25, 0.3) is 10.0 Å². The summed E-state index contributed by atoms with van der Waals surface area (Å²) in [4.78, 5) is 21.9. The number of aryl methyl sites for hydroxylation is 1. The van der Waals surface area contributed by atoms with Crippen LogP contribution in [0, 0.1) is 6.92 Å². The molecule has 0 saturated carbocycles. The molecule has 0 unspecified atom stereocenters. The highest BCUT2D eigenvalue weighted by Gasteiger charge is 2.20. The second-order valence-electron chi connectivity index (χ2n) is 8.35. The van der Waals surface area contributed by atoms with Crippen molar-refractivity contribution in [1.82, 2.24) is 9.97 Å². The van der Waals surface area contributed by atoms with Crippen molar-refractivity contribution in [3.05, 3.63) is 65.7 Å². The van der Waals surface area contributed by atoms with E-state index in [-0.39, 0.29) is 17.3 Å². The predicted molar refractivity (Wildman–Crippen MR) is 133 cm³/mol. The van der Waals surface area contributed by atoms with Crippen LogP contribution in [0.5, 0.6) is 0 Å². The summed E-state index contributed by atoms with van der Waals surface area (Å²) in [6.07, 6.45) is 1.10. The van der Waals surface area contributed by atoms with Gasteiger partial charge in [-0.1, -0.05) is 36.4 Å². The first-order valence-corrected chi connectivity index (χ1v) is 12.9. The summed E-state index contributed by atoms with van der Waals surface area (Å²) in [7, 11) is -4.00. The van der Waals surface area contributed by atoms with E-state index in [0.717, 1.165) is 16.7 Å². The molecule has 4 bridgehead atoms. The van der Waals surface area contributed by atoms with Gasteiger partial charge in [-0.05, 0) is 49.1 Å². The number of ether oxygens (including phenoxy) is 1. The van der Waals surface area contributed by atoms with Crippen LogP contribution in [0.2, 0.25) is 0 Å². The summed E-state index contributed by atoms with van der Waals surface area (Å²) in [5, 5.41) is 8.88. The average molecular weight is 497 g/mol. The lowest BCUT2D eigenvalue weighted by Crippen LogP contribution is -2.28. The molecule has 0 radical (unpaired) electrons. The predicted octanol–water partition coefficient (Wildman–Crippen LogP) is 3.84. The highest BCUT2D eigenvalue weighted by molar-refractivity contribution is 7.92. The lowest BCUT2D eigenvalue weighted by atomic mass is 10.0. The van der Waals surface area contributed by atoms with E-state index < -0.39 is 16.0 Å². The molecule has 0 atom stereocenters. The minimum Gasteiger partial charge on any atom is -0.481 e. The van der Waals surface area contributed by atoms with Crippen LogP contribution < -0.4 is 9.62 Å². The summed E-state index contributed by atoms with van der Waals surface area (Å²) < 4.78 is 34.9. The molecular formula is C25H28N4O5S. The third-order valence-corrected chi connectivity index (χ3v) is 6.97. The standard InChI is InChI=1S/C25H28N4O5S/c1-18-12-13-21-26-25(18)20-8-3-2-7-19(20)17-34-16-6-15-29(14-5-11-24(30)31)22-9-4-10-23(27-22)35(32,33)28-21/h2-4,7-10,12-13H,5-6,11,14-17H2,1H3,(H,26,28)(H,30,31). The first-order valence-electron chi connectivity index (χ1n) is 11.4. The topological polar surface area (TPSA) is 122 Å². The Labute approximate surface area is 204 Å². The van der Waals surface area contributed by atoms with E-state index in [1.807, 2.05) is 42.2 Å². The number of sulfonamides is 1. The van der Waals surface area contributed by atoms with Crippen molar-refractivity contribution in [2.75, 3.05) is 29.3 Å². The van der Waals surface area contributed by atoms with Crippen LogP contribution in [0.25, 0.3) is 11.3 Å². The van der Waals surface area contributed by atoms with Crippen molar-refractivity contribution in [3.63, 3.8) is 0 Å². The Balaban J connectivity index is 1.73. The summed E-state index contributed by atoms with van der Waals surface area (Å²) in [5.41, 5.74) is 3.44. The molecule has 1 aliphatic heterocycles. The fourth-order valence-electron chi connectivity index (χ4n) is 3.96. The number of carboxylic acids is 1. The number of carboxylic acid groups (broad SMARTS) is 1. The van der Waals surface area contributed by atoms with Crippen LogP contribution in [-0.4, -0.2) is 49.2 Å². The number of hydrogen-bond donors (Lipinski definition) is 2. The lowest BCUT2D eigenvalue weighted by molar-refractivity contribution is -0.137. The van der Waals surface area contributed by atoms with Gasteiger partial charge in [0.2, 0.25) is 0 Å². The number of hydrogen-bond acceptors (Lipinski definition) is 7. The highest BCUT2D eigenvalue weighted by atomic mass is 32.2. The first-order chi connectivity index (χ1) is 16.8. The number of fused-ring (bicyclic) bond motifs is 6. The lowest BCUT2D eigenvalue weighted by Gasteiger charge is -2.24. The number of nitrogens with one attached hydrogen (secondary N) is 1. The molecule has 35 heavy (non-hydrogen) atoms. The van der Waals surface area contributed by atoms with E-state index in [9.17, 15) is 13.2 Å². The van der Waals surface area contributed by atoms with Gasteiger partial charge >= 0.3 is 5.97 Å². The van der Waals surface area contributed by atoms with Gasteiger partial charge in [0.05, 0.1) is 12.3 Å². The second kappa shape index (κ2) is 10.8. The van der Waals surface area contributed by atoms with Gasteiger partial charge in [0, 0.05) is 31.7 Å². The van der Waals surface area contributed by atoms with Gasteiger partial charge in [-0.2, -0.15) is 8.42 Å². The summed E-state index contributed by atoms with van der Waals surface area (Å²) >= 11 is 0. The van der Waals surface area contributed by atoms with Gasteiger partial charge < -0.3 is 14.7 Å². The number of anilines is 2. The zero-order chi connectivity index (χ0) is 24.8. The molecule has 0 fully saturated rings. The third kappa shape index (κ3) is 6.14. The number of aromatic nitrogens is 2. The minimum absolute atomic E-state index is 0.0186. The van der Waals surface area contributed by atoms with Crippen molar-refractivity contribution >= 4 is 27.6 Å². The number of nitrogens with zero attached hydrogens (tertiary/aromatic N) is 3. The summed E-state index contributed by atoms with van der Waals surface area (Å²) in [6.45, 7) is 3.78. The maximum absolute atomic E-state index is 13.2. The van der Waals surface area contributed by atoms with E-state index in [2.05, 4.69) is 14.7 Å². The Kier molecular flexibility index (Phi) is 7.62. The fourth-order valence-corrected chi connectivity index (χ4v) is 4.92. The van der Waals surface area contributed by atoms with Gasteiger partial charge in [-0.15, -0.1) is 0 Å². The van der Waals surface area contributed by atoms with Gasteiger partial charge in [0.1, 0.15) is 11.6 Å². The van der Waals surface area contributed by atoms with Crippen LogP contribution in [0.15, 0.2) is 59.6 Å². The monoisotopic (exact) mass is 496 g/mol. The molecule has 1 aromatic carbocycles. The first kappa shape index (κ1) is 24.6. The number of pyridine rings is 2. The van der Waals surface area contributed by atoms with E-state index in [1.54, 1.807) is 18.2 Å². The molecule has 3 heterocycles. The third-order valence-electron chi connectivity index (χ3n) is 5.71. The molecule has 1 aliphatic rings. The van der Waals surface area contributed by atoms with Gasteiger partial charge in [-0.25, -0.2) is 9.97 Å². The van der Waals surface area contributed by atoms with Crippen molar-refractivity contribution < 1.29 is 23.1 Å². The smallest absolute Gasteiger partial charge is 0.303 e. The highest BCUT2D eigenvalue weighted by Crippen LogP contribution is 2.28. The van der Waals surface area contributed by atoms with Crippen molar-refractivity contribution in [2.24, 2.45) is 0 Å². The summed E-state index contributed by atoms with van der Waals surface area (Å²) in [6, 6.07) is 16.0. The quantitative estimate of drug-likeness (QED) is 0.559. The number of benzene rings is 1. The number of rotatable bonds is 4. The van der Waals surface area contributed by atoms with Crippen molar-refractivity contribution in [2.45, 2.75) is 37.8 Å². The molecule has 0 saturated heterocycles. The van der Waals surface area contributed by atoms with Crippen molar-refractivity contribution in [3.8, 4) is 11.3 Å². The largest absolute Gasteiger partial charge is 0.481 e. The molecule has 2 N–H and O–H groups in total. The van der Waals surface area contributed by atoms with Crippen LogP contribution >= 0.6 is 0 Å². The zero-order valence-electron chi connectivity index (χ0n) is 19.5.